The molecule has 19 heavy (non-hydrogen) atoms. The van der Waals surface area contributed by atoms with Gasteiger partial charge in [0.2, 0.25) is 0 Å². The van der Waals surface area contributed by atoms with E-state index in [1.54, 1.807) is 33.8 Å². The van der Waals surface area contributed by atoms with Crippen molar-refractivity contribution in [3.05, 3.63) is 23.7 Å². The Morgan fingerprint density at radius 2 is 2.11 bits per heavy atom. The molecule has 0 aliphatic heterocycles. The highest BCUT2D eigenvalue weighted by molar-refractivity contribution is 5.72. The van der Waals surface area contributed by atoms with Crippen LogP contribution in [0.15, 0.2) is 16.7 Å². The smallest absolute Gasteiger partial charge is 0.408 e. The lowest BCUT2D eigenvalue weighted by atomic mass is 10.1. The Morgan fingerprint density at radius 1 is 1.47 bits per heavy atom. The van der Waals surface area contributed by atoms with Crippen LogP contribution in [0.3, 0.4) is 0 Å². The predicted molar refractivity (Wildman–Crippen MR) is 67.8 cm³/mol. The minimum absolute atomic E-state index is 0.236. The molecule has 0 saturated carbocycles. The molecule has 106 valence electrons. The number of carbonyl (C=O) groups is 2. The summed E-state index contributed by atoms with van der Waals surface area (Å²) in [6, 6.07) is 0.964. The SMILES string of the molecule is Cc1occc1C(CC(=O)O)NC(=O)OC(C)(C)C. The van der Waals surface area contributed by atoms with E-state index in [2.05, 4.69) is 5.32 Å². The highest BCUT2D eigenvalue weighted by Gasteiger charge is 2.24. The van der Waals surface area contributed by atoms with Gasteiger partial charge in [-0.15, -0.1) is 0 Å². The third-order valence-electron chi connectivity index (χ3n) is 2.34. The number of nitrogens with one attached hydrogen (secondary N) is 1. The van der Waals surface area contributed by atoms with Crippen molar-refractivity contribution in [2.24, 2.45) is 0 Å². The molecular formula is C13H19NO5. The van der Waals surface area contributed by atoms with Gasteiger partial charge in [0, 0.05) is 5.56 Å². The zero-order valence-electron chi connectivity index (χ0n) is 11.5. The van der Waals surface area contributed by atoms with Crippen LogP contribution in [0.25, 0.3) is 0 Å². The van der Waals surface area contributed by atoms with Crippen molar-refractivity contribution in [2.45, 2.75) is 45.8 Å². The number of alkyl carbamates (subject to hydrolysis) is 1. The Morgan fingerprint density at radius 3 is 2.53 bits per heavy atom. The summed E-state index contributed by atoms with van der Waals surface area (Å²) in [6.45, 7) is 6.92. The van der Waals surface area contributed by atoms with Gasteiger partial charge in [0.1, 0.15) is 11.4 Å². The molecule has 0 aromatic carbocycles. The minimum atomic E-state index is -1.01. The van der Waals surface area contributed by atoms with Gasteiger partial charge in [-0.25, -0.2) is 4.79 Å². The van der Waals surface area contributed by atoms with Gasteiger partial charge >= 0.3 is 12.1 Å². The third-order valence-corrected chi connectivity index (χ3v) is 2.34. The van der Waals surface area contributed by atoms with E-state index in [0.29, 0.717) is 11.3 Å². The van der Waals surface area contributed by atoms with Crippen LogP contribution in [-0.2, 0) is 9.53 Å². The van der Waals surface area contributed by atoms with Crippen molar-refractivity contribution in [3.8, 4) is 0 Å². The molecule has 6 nitrogen and oxygen atoms in total. The summed E-state index contributed by atoms with van der Waals surface area (Å²) in [7, 11) is 0. The lowest BCUT2D eigenvalue weighted by molar-refractivity contribution is -0.137. The molecular weight excluding hydrogens is 250 g/mol. The number of ether oxygens (including phenoxy) is 1. The molecule has 1 rings (SSSR count). The molecule has 0 fully saturated rings. The summed E-state index contributed by atoms with van der Waals surface area (Å²) >= 11 is 0. The molecule has 1 unspecified atom stereocenters. The Labute approximate surface area is 111 Å². The molecule has 0 radical (unpaired) electrons. The summed E-state index contributed by atoms with van der Waals surface area (Å²) < 4.78 is 10.2. The van der Waals surface area contributed by atoms with Crippen molar-refractivity contribution in [1.82, 2.24) is 5.32 Å². The zero-order chi connectivity index (χ0) is 14.6. The van der Waals surface area contributed by atoms with Crippen molar-refractivity contribution >= 4 is 12.1 Å². The molecule has 1 aromatic rings. The van der Waals surface area contributed by atoms with E-state index in [0.717, 1.165) is 0 Å². The first-order valence-electron chi connectivity index (χ1n) is 5.94. The van der Waals surface area contributed by atoms with Crippen LogP contribution in [0.4, 0.5) is 4.79 Å². The maximum absolute atomic E-state index is 11.7. The summed E-state index contributed by atoms with van der Waals surface area (Å²) in [5.74, 6) is -0.441. The number of aryl methyl sites for hydroxylation is 1. The predicted octanol–water partition coefficient (Wildman–Crippen LogP) is 2.63. The highest BCUT2D eigenvalue weighted by atomic mass is 16.6. The minimum Gasteiger partial charge on any atom is -0.481 e. The Hall–Kier alpha value is -1.98. The molecule has 0 saturated heterocycles. The lowest BCUT2D eigenvalue weighted by Gasteiger charge is -2.22. The first kappa shape index (κ1) is 15.1. The van der Waals surface area contributed by atoms with Gasteiger partial charge in [-0.1, -0.05) is 0 Å². The summed E-state index contributed by atoms with van der Waals surface area (Å²) in [6.07, 6.45) is 0.565. The number of carbonyl (C=O) groups excluding carboxylic acids is 1. The van der Waals surface area contributed by atoms with Crippen molar-refractivity contribution < 1.29 is 23.8 Å². The van der Waals surface area contributed by atoms with Crippen LogP contribution in [0, 0.1) is 6.92 Å². The Kier molecular flexibility index (Phi) is 4.58. The largest absolute Gasteiger partial charge is 0.481 e. The fourth-order valence-corrected chi connectivity index (χ4v) is 1.62. The van der Waals surface area contributed by atoms with Crippen LogP contribution in [0.1, 0.15) is 44.6 Å². The number of hydrogen-bond donors (Lipinski definition) is 2. The number of amides is 1. The van der Waals surface area contributed by atoms with Gasteiger partial charge in [-0.05, 0) is 33.8 Å². The second-order valence-corrected chi connectivity index (χ2v) is 5.23. The fourth-order valence-electron chi connectivity index (χ4n) is 1.62. The number of rotatable bonds is 4. The van der Waals surface area contributed by atoms with Crippen molar-refractivity contribution in [1.29, 1.82) is 0 Å². The van der Waals surface area contributed by atoms with E-state index >= 15 is 0 Å². The van der Waals surface area contributed by atoms with E-state index in [4.69, 9.17) is 14.3 Å². The van der Waals surface area contributed by atoms with Crippen LogP contribution in [0.5, 0.6) is 0 Å². The van der Waals surface area contributed by atoms with Crippen molar-refractivity contribution in [3.63, 3.8) is 0 Å². The zero-order valence-corrected chi connectivity index (χ0v) is 11.5. The molecule has 0 aliphatic rings. The molecule has 1 amide bonds. The molecule has 0 aliphatic carbocycles. The third kappa shape index (κ3) is 5.03. The lowest BCUT2D eigenvalue weighted by Crippen LogP contribution is -2.35. The molecule has 6 heteroatoms. The molecule has 2 N–H and O–H groups in total. The molecule has 1 heterocycles. The van der Waals surface area contributed by atoms with Gasteiger partial charge in [0.05, 0.1) is 18.7 Å². The topological polar surface area (TPSA) is 88.8 Å². The van der Waals surface area contributed by atoms with Crippen molar-refractivity contribution in [2.75, 3.05) is 0 Å². The van der Waals surface area contributed by atoms with E-state index in [1.807, 2.05) is 0 Å². The van der Waals surface area contributed by atoms with Gasteiger partial charge in [-0.3, -0.25) is 4.79 Å². The van der Waals surface area contributed by atoms with E-state index < -0.39 is 23.7 Å². The van der Waals surface area contributed by atoms with Crippen LogP contribution in [0.2, 0.25) is 0 Å². The highest BCUT2D eigenvalue weighted by Crippen LogP contribution is 2.22. The maximum Gasteiger partial charge on any atom is 0.408 e. The first-order chi connectivity index (χ1) is 8.69. The summed E-state index contributed by atoms with van der Waals surface area (Å²) in [4.78, 5) is 22.6. The van der Waals surface area contributed by atoms with E-state index in [9.17, 15) is 9.59 Å². The average Bonchev–Trinajstić information content (AvgIpc) is 2.59. The van der Waals surface area contributed by atoms with Gasteiger partial charge in [-0.2, -0.15) is 0 Å². The number of hydrogen-bond acceptors (Lipinski definition) is 4. The number of carboxylic acids is 1. The monoisotopic (exact) mass is 269 g/mol. The standard InChI is InChI=1S/C13H19NO5/c1-8-9(5-6-18-8)10(7-11(15)16)14-12(17)19-13(2,3)4/h5-6,10H,7H2,1-4H3,(H,14,17)(H,15,16). The van der Waals surface area contributed by atoms with Gasteiger partial charge < -0.3 is 19.6 Å². The summed E-state index contributed by atoms with van der Waals surface area (Å²) in [5.41, 5.74) is -0.00297. The molecule has 1 aromatic heterocycles. The van der Waals surface area contributed by atoms with Crippen LogP contribution < -0.4 is 5.32 Å². The average molecular weight is 269 g/mol. The molecule has 0 spiro atoms. The normalized spacial score (nSPS) is 12.8. The fraction of sp³-hybridized carbons (Fsp3) is 0.538. The first-order valence-corrected chi connectivity index (χ1v) is 5.94. The Balaban J connectivity index is 2.79. The second-order valence-electron chi connectivity index (χ2n) is 5.23. The van der Waals surface area contributed by atoms with Crippen LogP contribution in [-0.4, -0.2) is 22.8 Å². The van der Waals surface area contributed by atoms with Gasteiger partial charge in [0.15, 0.2) is 0 Å². The quantitative estimate of drug-likeness (QED) is 0.877. The molecule has 0 bridgehead atoms. The number of aliphatic carboxylic acids is 1. The maximum atomic E-state index is 11.7. The molecule has 1 atom stereocenters. The number of furan rings is 1. The number of carboxylic acid groups (broad SMARTS) is 1. The summed E-state index contributed by atoms with van der Waals surface area (Å²) in [5, 5.41) is 11.4. The van der Waals surface area contributed by atoms with E-state index in [1.165, 1.54) is 6.26 Å². The Bertz CT molecular complexity index is 458. The van der Waals surface area contributed by atoms with Gasteiger partial charge in [0.25, 0.3) is 0 Å². The second kappa shape index (κ2) is 5.77. The van der Waals surface area contributed by atoms with E-state index in [-0.39, 0.29) is 6.42 Å². The van der Waals surface area contributed by atoms with Crippen LogP contribution >= 0.6 is 0 Å².